The van der Waals surface area contributed by atoms with Gasteiger partial charge in [0.15, 0.2) is 11.5 Å². The van der Waals surface area contributed by atoms with E-state index in [1.54, 1.807) is 20.3 Å². The van der Waals surface area contributed by atoms with Crippen LogP contribution in [0.2, 0.25) is 0 Å². The van der Waals surface area contributed by atoms with Crippen molar-refractivity contribution in [3.63, 3.8) is 0 Å². The molecule has 32 heavy (non-hydrogen) atoms. The number of hydrogen-bond donors (Lipinski definition) is 0. The molecule has 0 amide bonds. The van der Waals surface area contributed by atoms with E-state index in [9.17, 15) is 5.26 Å². The van der Waals surface area contributed by atoms with Crippen LogP contribution in [0.15, 0.2) is 84.9 Å². The summed E-state index contributed by atoms with van der Waals surface area (Å²) >= 11 is 0. The molecule has 158 valence electrons. The Morgan fingerprint density at radius 2 is 1.53 bits per heavy atom. The summed E-state index contributed by atoms with van der Waals surface area (Å²) < 4.78 is 16.9. The lowest BCUT2D eigenvalue weighted by molar-refractivity contribution is 0.306. The smallest absolute Gasteiger partial charge is 0.161 e. The molecular weight excluding hydrogens is 398 g/mol. The maximum absolute atomic E-state index is 9.97. The van der Waals surface area contributed by atoms with Gasteiger partial charge >= 0.3 is 0 Å². The second kappa shape index (κ2) is 9.72. The normalized spacial score (nSPS) is 11.1. The fourth-order valence-electron chi connectivity index (χ4n) is 3.61. The first-order valence-corrected chi connectivity index (χ1v) is 10.3. The minimum absolute atomic E-state index is 0.443. The van der Waals surface area contributed by atoms with Crippen LogP contribution in [0.25, 0.3) is 22.4 Å². The van der Waals surface area contributed by atoms with Gasteiger partial charge in [-0.05, 0) is 52.2 Å². The van der Waals surface area contributed by atoms with Gasteiger partial charge < -0.3 is 14.2 Å². The summed E-state index contributed by atoms with van der Waals surface area (Å²) in [6.07, 6.45) is 1.88. The van der Waals surface area contributed by atoms with E-state index < -0.39 is 0 Å². The average Bonchev–Trinajstić information content (AvgIpc) is 2.86. The number of methoxy groups -OCH3 is 2. The molecule has 0 aliphatic rings. The van der Waals surface area contributed by atoms with Crippen LogP contribution in [0.5, 0.6) is 17.2 Å². The lowest BCUT2D eigenvalue weighted by Crippen LogP contribution is -1.98. The summed E-state index contributed by atoms with van der Waals surface area (Å²) in [6, 6.07) is 29.9. The fraction of sp³-hybridized carbons (Fsp3) is 0.107. The van der Waals surface area contributed by atoms with E-state index in [1.807, 2.05) is 78.9 Å². The Labute approximate surface area is 187 Å². The minimum atomic E-state index is 0.443. The van der Waals surface area contributed by atoms with Crippen molar-refractivity contribution in [3.05, 3.63) is 102 Å². The number of nitrogens with zero attached hydrogens (tertiary/aromatic N) is 1. The summed E-state index contributed by atoms with van der Waals surface area (Å²) in [4.78, 5) is 0. The van der Waals surface area contributed by atoms with Crippen LogP contribution in [-0.2, 0) is 6.61 Å². The monoisotopic (exact) mass is 421 g/mol. The number of hydrogen-bond acceptors (Lipinski definition) is 4. The van der Waals surface area contributed by atoms with Gasteiger partial charge in [0.25, 0.3) is 0 Å². The van der Waals surface area contributed by atoms with Gasteiger partial charge in [-0.15, -0.1) is 0 Å². The molecule has 4 heteroatoms. The third-order valence-electron chi connectivity index (χ3n) is 5.27. The molecule has 0 aromatic heterocycles. The largest absolute Gasteiger partial charge is 0.493 e. The zero-order chi connectivity index (χ0) is 22.3. The number of ether oxygens (including phenoxy) is 3. The Bertz CT molecular complexity index is 1300. The SMILES string of the molecule is COc1ccc(/C(C#N)=C/c2c(OCc3ccccc3)ccc3ccccc23)cc1OC. The molecule has 0 saturated carbocycles. The highest BCUT2D eigenvalue weighted by Gasteiger charge is 2.12. The number of allylic oxidation sites excluding steroid dienone is 1. The first-order valence-electron chi connectivity index (χ1n) is 10.3. The zero-order valence-corrected chi connectivity index (χ0v) is 18.0. The quantitative estimate of drug-likeness (QED) is 0.252. The van der Waals surface area contributed by atoms with Crippen LogP contribution in [0.4, 0.5) is 0 Å². The topological polar surface area (TPSA) is 51.5 Å². The van der Waals surface area contributed by atoms with Crippen LogP contribution < -0.4 is 14.2 Å². The number of fused-ring (bicyclic) bond motifs is 1. The van der Waals surface area contributed by atoms with Crippen molar-refractivity contribution in [2.45, 2.75) is 6.61 Å². The van der Waals surface area contributed by atoms with E-state index in [0.717, 1.165) is 33.2 Å². The molecule has 0 aliphatic carbocycles. The first-order chi connectivity index (χ1) is 15.7. The Hall–Kier alpha value is -4.23. The van der Waals surface area contributed by atoms with E-state index >= 15 is 0 Å². The predicted octanol–water partition coefficient (Wildman–Crippen LogP) is 6.50. The molecule has 0 radical (unpaired) electrons. The van der Waals surface area contributed by atoms with Crippen LogP contribution >= 0.6 is 0 Å². The minimum Gasteiger partial charge on any atom is -0.493 e. The summed E-state index contributed by atoms with van der Waals surface area (Å²) in [5.41, 5.74) is 3.19. The Kier molecular flexibility index (Phi) is 6.38. The van der Waals surface area contributed by atoms with Gasteiger partial charge in [0, 0.05) is 5.56 Å². The molecule has 0 unspecified atom stereocenters. The van der Waals surface area contributed by atoms with Gasteiger partial charge in [-0.25, -0.2) is 0 Å². The standard InChI is InChI=1S/C28H23NO3/c1-30-27-15-13-22(17-28(27)31-2)23(18-29)16-25-24-11-7-6-10-21(24)12-14-26(25)32-19-20-8-4-3-5-9-20/h3-17H,19H2,1-2H3/b23-16+. The highest BCUT2D eigenvalue weighted by Crippen LogP contribution is 2.35. The van der Waals surface area contributed by atoms with Crippen molar-refractivity contribution in [1.82, 2.24) is 0 Å². The highest BCUT2D eigenvalue weighted by molar-refractivity contribution is 6.00. The van der Waals surface area contributed by atoms with Crippen LogP contribution in [0.1, 0.15) is 16.7 Å². The molecule has 0 N–H and O–H groups in total. The van der Waals surface area contributed by atoms with Crippen LogP contribution in [0.3, 0.4) is 0 Å². The summed E-state index contributed by atoms with van der Waals surface area (Å²) in [6.45, 7) is 0.443. The maximum atomic E-state index is 9.97. The van der Waals surface area contributed by atoms with E-state index in [0.29, 0.717) is 23.7 Å². The summed E-state index contributed by atoms with van der Waals surface area (Å²) in [5.74, 6) is 1.91. The van der Waals surface area contributed by atoms with E-state index in [4.69, 9.17) is 14.2 Å². The van der Waals surface area contributed by atoms with Crippen molar-refractivity contribution < 1.29 is 14.2 Å². The van der Waals surface area contributed by atoms with E-state index in [-0.39, 0.29) is 0 Å². The number of nitriles is 1. The molecule has 4 nitrogen and oxygen atoms in total. The maximum Gasteiger partial charge on any atom is 0.161 e. The second-order valence-corrected chi connectivity index (χ2v) is 7.21. The van der Waals surface area contributed by atoms with Gasteiger partial charge in [0.2, 0.25) is 0 Å². The second-order valence-electron chi connectivity index (χ2n) is 7.21. The Morgan fingerprint density at radius 3 is 2.28 bits per heavy atom. The van der Waals surface area contributed by atoms with Crippen LogP contribution in [0, 0.1) is 11.3 Å². The molecule has 4 aromatic rings. The molecule has 0 heterocycles. The van der Waals surface area contributed by atoms with Crippen molar-refractivity contribution in [1.29, 1.82) is 5.26 Å². The van der Waals surface area contributed by atoms with Crippen molar-refractivity contribution in [3.8, 4) is 23.3 Å². The van der Waals surface area contributed by atoms with E-state index in [1.165, 1.54) is 0 Å². The van der Waals surface area contributed by atoms with Crippen LogP contribution in [-0.4, -0.2) is 14.2 Å². The first kappa shape index (κ1) is 21.0. The third-order valence-corrected chi connectivity index (χ3v) is 5.27. The molecule has 0 aliphatic heterocycles. The summed E-state index contributed by atoms with van der Waals surface area (Å²) in [5, 5.41) is 12.1. The number of benzene rings is 4. The average molecular weight is 421 g/mol. The van der Waals surface area contributed by atoms with Crippen molar-refractivity contribution in [2.75, 3.05) is 14.2 Å². The molecule has 0 fully saturated rings. The molecular formula is C28H23NO3. The van der Waals surface area contributed by atoms with Crippen molar-refractivity contribution >= 4 is 22.4 Å². The third kappa shape index (κ3) is 4.43. The molecule has 0 saturated heterocycles. The number of rotatable bonds is 7. The summed E-state index contributed by atoms with van der Waals surface area (Å²) in [7, 11) is 3.17. The zero-order valence-electron chi connectivity index (χ0n) is 18.0. The molecule has 4 aromatic carbocycles. The lowest BCUT2D eigenvalue weighted by Gasteiger charge is -2.13. The molecule has 0 atom stereocenters. The predicted molar refractivity (Wildman–Crippen MR) is 128 cm³/mol. The van der Waals surface area contributed by atoms with Gasteiger partial charge in [-0.3, -0.25) is 0 Å². The Morgan fingerprint density at radius 1 is 0.812 bits per heavy atom. The van der Waals surface area contributed by atoms with Crippen molar-refractivity contribution in [2.24, 2.45) is 0 Å². The lowest BCUT2D eigenvalue weighted by atomic mass is 9.98. The Balaban J connectivity index is 1.80. The van der Waals surface area contributed by atoms with Gasteiger partial charge in [-0.2, -0.15) is 5.26 Å². The van der Waals surface area contributed by atoms with Gasteiger partial charge in [0.05, 0.1) is 25.9 Å². The molecule has 4 rings (SSSR count). The van der Waals surface area contributed by atoms with Gasteiger partial charge in [-0.1, -0.05) is 60.7 Å². The fourth-order valence-corrected chi connectivity index (χ4v) is 3.61. The highest BCUT2D eigenvalue weighted by atomic mass is 16.5. The molecule has 0 spiro atoms. The van der Waals surface area contributed by atoms with Gasteiger partial charge in [0.1, 0.15) is 12.4 Å². The van der Waals surface area contributed by atoms with E-state index in [2.05, 4.69) is 12.1 Å². The molecule has 0 bridgehead atoms.